The van der Waals surface area contributed by atoms with Gasteiger partial charge in [-0.05, 0) is 0 Å². The summed E-state index contributed by atoms with van der Waals surface area (Å²) in [6.07, 6.45) is 1.08. The first-order chi connectivity index (χ1) is 9.31. The van der Waals surface area contributed by atoms with Gasteiger partial charge in [0, 0.05) is 12.2 Å². The monoisotopic (exact) mass is 284 g/mol. The molecule has 8 heteroatoms. The Hall–Kier alpha value is -2.58. The Morgan fingerprint density at radius 1 is 0.800 bits per heavy atom. The van der Waals surface area contributed by atoms with Crippen molar-refractivity contribution in [2.24, 2.45) is 0 Å². The number of carbonyl (C=O) groups excluding carboxylic acids is 4. The van der Waals surface area contributed by atoms with E-state index in [1.807, 2.05) is 0 Å². The van der Waals surface area contributed by atoms with Crippen molar-refractivity contribution in [2.45, 2.75) is 0 Å². The van der Waals surface area contributed by atoms with Gasteiger partial charge in [0.2, 0.25) is 0 Å². The molecule has 0 rings (SSSR count). The van der Waals surface area contributed by atoms with Gasteiger partial charge in [-0.3, -0.25) is 0 Å². The van der Waals surface area contributed by atoms with E-state index in [2.05, 4.69) is 22.6 Å². The van der Waals surface area contributed by atoms with Crippen molar-refractivity contribution < 1.29 is 38.9 Å². The highest BCUT2D eigenvalue weighted by Gasteiger charge is 2.13. The third kappa shape index (κ3) is 6.38. The first-order valence-electron chi connectivity index (χ1n) is 5.09. The van der Waals surface area contributed by atoms with Crippen LogP contribution >= 0.6 is 0 Å². The molecular formula is C12H12O8. The zero-order valence-corrected chi connectivity index (χ0v) is 10.3. The molecule has 2 N–H and O–H groups in total. The van der Waals surface area contributed by atoms with Crippen molar-refractivity contribution in [1.29, 1.82) is 0 Å². The number of rotatable bonds is 6. The third-order valence-electron chi connectivity index (χ3n) is 1.70. The van der Waals surface area contributed by atoms with Gasteiger partial charge in [0.05, 0.1) is 24.4 Å². The van der Waals surface area contributed by atoms with Crippen LogP contribution < -0.4 is 0 Å². The second kappa shape index (κ2) is 8.51. The molecule has 0 saturated heterocycles. The lowest BCUT2D eigenvalue weighted by Gasteiger charge is -2.00. The molecule has 0 aromatic heterocycles. The largest absolute Gasteiger partial charge is 0.391 e. The highest BCUT2D eigenvalue weighted by Crippen LogP contribution is 1.96. The molecule has 0 spiro atoms. The first kappa shape index (κ1) is 17.4. The number of hydrogen-bond acceptors (Lipinski definition) is 8. The maximum absolute atomic E-state index is 11.1. The van der Waals surface area contributed by atoms with E-state index >= 15 is 0 Å². The van der Waals surface area contributed by atoms with Gasteiger partial charge in [0.1, 0.15) is 0 Å². The van der Waals surface area contributed by atoms with E-state index < -0.39 is 37.1 Å². The molecular weight excluding hydrogens is 272 g/mol. The minimum absolute atomic E-state index is 0.344. The average molecular weight is 284 g/mol. The van der Waals surface area contributed by atoms with E-state index in [1.54, 1.807) is 0 Å². The standard InChI is InChI=1S/C12H12O8/c1-7(5-13)11(17)19-9(15)3-4-10(16)20-12(18)8(2)6-14/h3-4,13-14H,1-2,5-6H2. The summed E-state index contributed by atoms with van der Waals surface area (Å²) in [6.45, 7) is 4.87. The predicted molar refractivity (Wildman–Crippen MR) is 63.8 cm³/mol. The second-order valence-corrected chi connectivity index (χ2v) is 3.27. The molecule has 20 heavy (non-hydrogen) atoms. The SMILES string of the molecule is C=C(CO)C(=O)OC(=O)C=CC(=O)OC(=O)C(=C)CO. The summed E-state index contributed by atoms with van der Waals surface area (Å²) in [4.78, 5) is 44.1. The molecule has 0 aliphatic rings. The molecule has 0 aromatic rings. The van der Waals surface area contributed by atoms with E-state index in [0.717, 1.165) is 0 Å². The van der Waals surface area contributed by atoms with Gasteiger partial charge in [-0.2, -0.15) is 0 Å². The molecule has 0 atom stereocenters. The Morgan fingerprint density at radius 3 is 1.35 bits per heavy atom. The highest BCUT2D eigenvalue weighted by atomic mass is 16.6. The molecule has 0 unspecified atom stereocenters. The van der Waals surface area contributed by atoms with Gasteiger partial charge in [-0.15, -0.1) is 0 Å². The minimum atomic E-state index is -1.21. The molecule has 0 radical (unpaired) electrons. The average Bonchev–Trinajstić information content (AvgIpc) is 2.42. The van der Waals surface area contributed by atoms with Crippen LogP contribution in [0.15, 0.2) is 36.5 Å². The summed E-state index contributed by atoms with van der Waals surface area (Å²) < 4.78 is 8.31. The maximum atomic E-state index is 11.1. The third-order valence-corrected chi connectivity index (χ3v) is 1.70. The topological polar surface area (TPSA) is 127 Å². The van der Waals surface area contributed by atoms with E-state index in [4.69, 9.17) is 10.2 Å². The van der Waals surface area contributed by atoms with Crippen molar-refractivity contribution in [3.8, 4) is 0 Å². The van der Waals surface area contributed by atoms with Crippen LogP contribution in [0.5, 0.6) is 0 Å². The van der Waals surface area contributed by atoms with E-state index in [1.165, 1.54) is 0 Å². The number of carbonyl (C=O) groups is 4. The Bertz CT molecular complexity index is 442. The minimum Gasteiger partial charge on any atom is -0.391 e. The van der Waals surface area contributed by atoms with Gasteiger partial charge in [-0.25, -0.2) is 19.2 Å². The summed E-state index contributed by atoms with van der Waals surface area (Å²) in [6, 6.07) is 0. The Kier molecular flexibility index (Phi) is 7.41. The van der Waals surface area contributed by atoms with Crippen molar-refractivity contribution in [2.75, 3.05) is 13.2 Å². The number of ether oxygens (including phenoxy) is 2. The smallest absolute Gasteiger partial charge is 0.343 e. The van der Waals surface area contributed by atoms with E-state index in [9.17, 15) is 19.2 Å². The lowest BCUT2D eigenvalue weighted by Crippen LogP contribution is -2.16. The maximum Gasteiger partial charge on any atom is 0.343 e. The van der Waals surface area contributed by atoms with Crippen LogP contribution in [0.2, 0.25) is 0 Å². The van der Waals surface area contributed by atoms with E-state index in [0.29, 0.717) is 12.2 Å². The molecule has 8 nitrogen and oxygen atoms in total. The quantitative estimate of drug-likeness (QED) is 0.353. The Morgan fingerprint density at radius 2 is 1.10 bits per heavy atom. The fourth-order valence-electron chi connectivity index (χ4n) is 0.660. The van der Waals surface area contributed by atoms with E-state index in [-0.39, 0.29) is 11.1 Å². The van der Waals surface area contributed by atoms with Crippen LogP contribution in [0, 0.1) is 0 Å². The van der Waals surface area contributed by atoms with Crippen LogP contribution in [0.3, 0.4) is 0 Å². The number of esters is 4. The molecule has 0 fully saturated rings. The lowest BCUT2D eigenvalue weighted by molar-refractivity contribution is -0.156. The molecule has 0 heterocycles. The predicted octanol–water partition coefficient (Wildman–Crippen LogP) is -1.22. The number of hydrogen-bond donors (Lipinski definition) is 2. The van der Waals surface area contributed by atoms with Crippen LogP contribution in [-0.4, -0.2) is 47.3 Å². The summed E-state index contributed by atoms with van der Waals surface area (Å²) in [7, 11) is 0. The fourth-order valence-corrected chi connectivity index (χ4v) is 0.660. The molecule has 0 saturated carbocycles. The first-order valence-corrected chi connectivity index (χ1v) is 5.09. The van der Waals surface area contributed by atoms with Gasteiger partial charge >= 0.3 is 23.9 Å². The van der Waals surface area contributed by atoms with Crippen LogP contribution in [0.4, 0.5) is 0 Å². The van der Waals surface area contributed by atoms with Crippen LogP contribution in [0.25, 0.3) is 0 Å². The molecule has 0 bridgehead atoms. The Labute approximate surface area is 113 Å². The number of aliphatic hydroxyl groups excluding tert-OH is 2. The van der Waals surface area contributed by atoms with Crippen molar-refractivity contribution in [3.05, 3.63) is 36.5 Å². The van der Waals surface area contributed by atoms with Crippen LogP contribution in [0.1, 0.15) is 0 Å². The summed E-state index contributed by atoms with van der Waals surface area (Å²) in [5.41, 5.74) is -0.688. The molecule has 0 aliphatic heterocycles. The Balaban J connectivity index is 4.36. The summed E-state index contributed by atoms with van der Waals surface area (Å²) >= 11 is 0. The second-order valence-electron chi connectivity index (χ2n) is 3.27. The number of aliphatic hydroxyl groups is 2. The molecule has 0 aliphatic carbocycles. The van der Waals surface area contributed by atoms with Crippen molar-refractivity contribution in [3.63, 3.8) is 0 Å². The normalized spacial score (nSPS) is 9.90. The molecule has 0 aromatic carbocycles. The highest BCUT2D eigenvalue weighted by molar-refractivity contribution is 6.03. The van der Waals surface area contributed by atoms with Gasteiger partial charge < -0.3 is 19.7 Å². The van der Waals surface area contributed by atoms with Crippen molar-refractivity contribution >= 4 is 23.9 Å². The summed E-state index contributed by atoms with van der Waals surface area (Å²) in [5, 5.41) is 17.1. The zero-order valence-electron chi connectivity index (χ0n) is 10.3. The van der Waals surface area contributed by atoms with Gasteiger partial charge in [0.25, 0.3) is 0 Å². The fraction of sp³-hybridized carbons (Fsp3) is 0.167. The summed E-state index contributed by atoms with van der Waals surface area (Å²) in [5.74, 6) is -4.73. The zero-order chi connectivity index (χ0) is 15.7. The molecule has 0 amide bonds. The van der Waals surface area contributed by atoms with Gasteiger partial charge in [0.15, 0.2) is 0 Å². The van der Waals surface area contributed by atoms with Gasteiger partial charge in [-0.1, -0.05) is 13.2 Å². The lowest BCUT2D eigenvalue weighted by atomic mass is 10.3. The molecule has 108 valence electrons. The van der Waals surface area contributed by atoms with Crippen molar-refractivity contribution in [1.82, 2.24) is 0 Å². The van der Waals surface area contributed by atoms with Crippen LogP contribution in [-0.2, 0) is 28.7 Å².